The molecule has 0 amide bonds. The Morgan fingerprint density at radius 1 is 1.55 bits per heavy atom. The quantitative estimate of drug-likeness (QED) is 0.825. The fourth-order valence-corrected chi connectivity index (χ4v) is 2.29. The largest absolute Gasteiger partial charge is 0.480 e. The van der Waals surface area contributed by atoms with E-state index in [1.54, 1.807) is 6.20 Å². The minimum absolute atomic E-state index is 0.0882. The van der Waals surface area contributed by atoms with Crippen LogP contribution in [0.3, 0.4) is 0 Å². The number of anilines is 1. The normalized spacial score (nSPS) is 17.6. The number of aromatic nitrogens is 2. The summed E-state index contributed by atoms with van der Waals surface area (Å²) in [6.45, 7) is 3.26. The number of aliphatic carboxylic acids is 1. The van der Waals surface area contributed by atoms with Crippen LogP contribution in [0.25, 0.3) is 0 Å². The molecule has 0 radical (unpaired) electrons. The standard InChI is InChI=1S/C13H19N3O4/c1-2-6-16-7-5-14-10(11(16)17)15-13(12(18)19)3-8-20-9-4-13/h5,7H,2-4,6,8-9H2,1H3,(H,14,15)(H,18,19). The molecule has 1 fully saturated rings. The molecule has 0 bridgehead atoms. The maximum Gasteiger partial charge on any atom is 0.329 e. The van der Waals surface area contributed by atoms with Gasteiger partial charge in [0.15, 0.2) is 5.82 Å². The highest BCUT2D eigenvalue weighted by molar-refractivity contribution is 5.82. The van der Waals surface area contributed by atoms with E-state index in [0.29, 0.717) is 32.6 Å². The van der Waals surface area contributed by atoms with Crippen LogP contribution in [0.2, 0.25) is 0 Å². The first-order chi connectivity index (χ1) is 9.59. The van der Waals surface area contributed by atoms with Crippen molar-refractivity contribution >= 4 is 11.8 Å². The van der Waals surface area contributed by atoms with Gasteiger partial charge in [-0.3, -0.25) is 4.79 Å². The van der Waals surface area contributed by atoms with E-state index in [-0.39, 0.29) is 11.4 Å². The van der Waals surface area contributed by atoms with Crippen LogP contribution in [0.15, 0.2) is 17.2 Å². The molecule has 1 aliphatic heterocycles. The average Bonchev–Trinajstić information content (AvgIpc) is 2.44. The predicted octanol–water partition coefficient (Wildman–Crippen LogP) is 0.699. The van der Waals surface area contributed by atoms with Crippen molar-refractivity contribution in [1.82, 2.24) is 9.55 Å². The van der Waals surface area contributed by atoms with Gasteiger partial charge in [-0.1, -0.05) is 6.92 Å². The Balaban J connectivity index is 2.29. The molecule has 1 aromatic rings. The second-order valence-electron chi connectivity index (χ2n) is 4.90. The Morgan fingerprint density at radius 2 is 2.25 bits per heavy atom. The molecule has 20 heavy (non-hydrogen) atoms. The molecule has 0 aromatic carbocycles. The predicted molar refractivity (Wildman–Crippen MR) is 72.8 cm³/mol. The summed E-state index contributed by atoms with van der Waals surface area (Å²) in [6.07, 6.45) is 4.56. The zero-order valence-electron chi connectivity index (χ0n) is 11.5. The van der Waals surface area contributed by atoms with Crippen LogP contribution in [0.1, 0.15) is 26.2 Å². The Labute approximate surface area is 116 Å². The van der Waals surface area contributed by atoms with E-state index < -0.39 is 11.5 Å². The molecule has 0 unspecified atom stereocenters. The van der Waals surface area contributed by atoms with Gasteiger partial charge in [0.25, 0.3) is 5.56 Å². The van der Waals surface area contributed by atoms with E-state index in [1.165, 1.54) is 10.8 Å². The lowest BCUT2D eigenvalue weighted by Crippen LogP contribution is -2.51. The number of carbonyl (C=O) groups is 1. The number of carboxylic acids is 1. The number of nitrogens with zero attached hydrogens (tertiary/aromatic N) is 2. The van der Waals surface area contributed by atoms with Crippen LogP contribution in [0, 0.1) is 0 Å². The maximum absolute atomic E-state index is 12.2. The third kappa shape index (κ3) is 2.82. The molecule has 0 atom stereocenters. The summed E-state index contributed by atoms with van der Waals surface area (Å²) in [6, 6.07) is 0. The lowest BCUT2D eigenvalue weighted by atomic mass is 9.90. The molecule has 7 heteroatoms. The fraction of sp³-hybridized carbons (Fsp3) is 0.615. The molecule has 0 saturated carbocycles. The third-order valence-electron chi connectivity index (χ3n) is 3.49. The van der Waals surface area contributed by atoms with Gasteiger partial charge in [0.1, 0.15) is 5.54 Å². The van der Waals surface area contributed by atoms with Crippen molar-refractivity contribution in [2.45, 2.75) is 38.3 Å². The summed E-state index contributed by atoms with van der Waals surface area (Å²) < 4.78 is 6.73. The molecule has 2 heterocycles. The van der Waals surface area contributed by atoms with E-state index in [1.807, 2.05) is 6.92 Å². The Hall–Kier alpha value is -1.89. The van der Waals surface area contributed by atoms with Crippen molar-refractivity contribution in [3.8, 4) is 0 Å². The van der Waals surface area contributed by atoms with Gasteiger partial charge in [0.2, 0.25) is 0 Å². The van der Waals surface area contributed by atoms with Gasteiger partial charge >= 0.3 is 5.97 Å². The van der Waals surface area contributed by atoms with Gasteiger partial charge in [0, 0.05) is 45.0 Å². The van der Waals surface area contributed by atoms with Crippen LogP contribution in [-0.2, 0) is 16.1 Å². The minimum Gasteiger partial charge on any atom is -0.480 e. The van der Waals surface area contributed by atoms with Crippen molar-refractivity contribution < 1.29 is 14.6 Å². The zero-order chi connectivity index (χ0) is 14.6. The molecule has 110 valence electrons. The van der Waals surface area contributed by atoms with Gasteiger partial charge in [0.05, 0.1) is 0 Å². The molecule has 0 spiro atoms. The lowest BCUT2D eigenvalue weighted by Gasteiger charge is -2.34. The van der Waals surface area contributed by atoms with Crippen LogP contribution >= 0.6 is 0 Å². The lowest BCUT2D eigenvalue weighted by molar-refractivity contribution is -0.145. The number of carboxylic acid groups (broad SMARTS) is 1. The van der Waals surface area contributed by atoms with Crippen molar-refractivity contribution in [1.29, 1.82) is 0 Å². The second kappa shape index (κ2) is 6.04. The smallest absolute Gasteiger partial charge is 0.329 e. The number of nitrogens with one attached hydrogen (secondary N) is 1. The van der Waals surface area contributed by atoms with E-state index in [2.05, 4.69) is 10.3 Å². The summed E-state index contributed by atoms with van der Waals surface area (Å²) >= 11 is 0. The third-order valence-corrected chi connectivity index (χ3v) is 3.49. The first kappa shape index (κ1) is 14.5. The van der Waals surface area contributed by atoms with Crippen LogP contribution in [0.4, 0.5) is 5.82 Å². The van der Waals surface area contributed by atoms with Crippen molar-refractivity contribution in [3.05, 3.63) is 22.7 Å². The number of rotatable bonds is 5. The zero-order valence-corrected chi connectivity index (χ0v) is 11.5. The highest BCUT2D eigenvalue weighted by Gasteiger charge is 2.41. The highest BCUT2D eigenvalue weighted by atomic mass is 16.5. The Kier molecular flexibility index (Phi) is 4.39. The number of aryl methyl sites for hydroxylation is 1. The average molecular weight is 281 g/mol. The van der Waals surface area contributed by atoms with Gasteiger partial charge in [-0.15, -0.1) is 0 Å². The van der Waals surface area contributed by atoms with Crippen molar-refractivity contribution in [3.63, 3.8) is 0 Å². The summed E-state index contributed by atoms with van der Waals surface area (Å²) in [5.41, 5.74) is -1.46. The number of hydrogen-bond acceptors (Lipinski definition) is 5. The molecule has 1 aliphatic rings. The SMILES string of the molecule is CCCn1ccnc(NC2(C(=O)O)CCOCC2)c1=O. The van der Waals surface area contributed by atoms with Gasteiger partial charge < -0.3 is 19.7 Å². The second-order valence-corrected chi connectivity index (χ2v) is 4.90. The molecule has 0 aliphatic carbocycles. The molecule has 2 N–H and O–H groups in total. The van der Waals surface area contributed by atoms with Crippen LogP contribution in [0.5, 0.6) is 0 Å². The van der Waals surface area contributed by atoms with E-state index in [0.717, 1.165) is 6.42 Å². The maximum atomic E-state index is 12.2. The molecular formula is C13H19N3O4. The van der Waals surface area contributed by atoms with Crippen molar-refractivity contribution in [2.75, 3.05) is 18.5 Å². The van der Waals surface area contributed by atoms with Gasteiger partial charge in [-0.25, -0.2) is 9.78 Å². The minimum atomic E-state index is -1.17. The highest BCUT2D eigenvalue weighted by Crippen LogP contribution is 2.24. The topological polar surface area (TPSA) is 93.5 Å². The van der Waals surface area contributed by atoms with Gasteiger partial charge in [-0.05, 0) is 6.42 Å². The van der Waals surface area contributed by atoms with Crippen LogP contribution in [-0.4, -0.2) is 39.4 Å². The summed E-state index contributed by atoms with van der Waals surface area (Å²) in [7, 11) is 0. The van der Waals surface area contributed by atoms with Crippen molar-refractivity contribution in [2.24, 2.45) is 0 Å². The van der Waals surface area contributed by atoms with E-state index >= 15 is 0 Å². The monoisotopic (exact) mass is 281 g/mol. The number of hydrogen-bond donors (Lipinski definition) is 2. The van der Waals surface area contributed by atoms with E-state index in [9.17, 15) is 14.7 Å². The summed E-state index contributed by atoms with van der Waals surface area (Å²) in [4.78, 5) is 27.8. The molecule has 2 rings (SSSR count). The molecular weight excluding hydrogens is 262 g/mol. The summed E-state index contributed by atoms with van der Waals surface area (Å²) in [5, 5.41) is 12.3. The molecule has 1 saturated heterocycles. The first-order valence-corrected chi connectivity index (χ1v) is 6.74. The van der Waals surface area contributed by atoms with E-state index in [4.69, 9.17) is 4.74 Å². The Bertz CT molecular complexity index is 535. The Morgan fingerprint density at radius 3 is 2.85 bits per heavy atom. The van der Waals surface area contributed by atoms with Crippen LogP contribution < -0.4 is 10.9 Å². The number of ether oxygens (including phenoxy) is 1. The first-order valence-electron chi connectivity index (χ1n) is 6.74. The fourth-order valence-electron chi connectivity index (χ4n) is 2.29. The molecule has 1 aromatic heterocycles. The summed E-state index contributed by atoms with van der Waals surface area (Å²) in [5.74, 6) is -0.891. The molecule has 7 nitrogen and oxygen atoms in total. The van der Waals surface area contributed by atoms with Gasteiger partial charge in [-0.2, -0.15) is 0 Å².